The molecule has 3 atom stereocenters. The highest BCUT2D eigenvalue weighted by Crippen LogP contribution is 2.37. The molecule has 4 heterocycles. The van der Waals surface area contributed by atoms with Crippen LogP contribution in [0.2, 0.25) is 4.34 Å². The minimum atomic E-state index is -4.44. The first-order valence-electron chi connectivity index (χ1n) is 9.70. The van der Waals surface area contributed by atoms with E-state index in [4.69, 9.17) is 16.3 Å². The molecule has 1 fully saturated rings. The maximum Gasteiger partial charge on any atom is 0.408 e. The fourth-order valence-corrected chi connectivity index (χ4v) is 5.26. The smallest absolute Gasteiger partial charge is 0.377 e. The Kier molecular flexibility index (Phi) is 5.75. The average Bonchev–Trinajstić information content (AvgIpc) is 3.06. The maximum absolute atomic E-state index is 13.9. The van der Waals surface area contributed by atoms with Gasteiger partial charge in [-0.1, -0.05) is 11.6 Å². The van der Waals surface area contributed by atoms with E-state index in [9.17, 15) is 18.0 Å². The van der Waals surface area contributed by atoms with Crippen LogP contribution in [0.4, 0.5) is 24.9 Å². The molecule has 2 aromatic heterocycles. The minimum Gasteiger partial charge on any atom is -0.377 e. The first kappa shape index (κ1) is 21.5. The normalized spacial score (nSPS) is 24.8. The van der Waals surface area contributed by atoms with Gasteiger partial charge in [0.05, 0.1) is 36.2 Å². The van der Waals surface area contributed by atoms with E-state index in [0.29, 0.717) is 28.2 Å². The van der Waals surface area contributed by atoms with Crippen molar-refractivity contribution in [3.05, 3.63) is 37.8 Å². The van der Waals surface area contributed by atoms with Crippen molar-refractivity contribution in [1.29, 1.82) is 0 Å². The lowest BCUT2D eigenvalue weighted by Gasteiger charge is -2.42. The molecule has 0 bridgehead atoms. The van der Waals surface area contributed by atoms with Crippen molar-refractivity contribution in [2.75, 3.05) is 23.0 Å². The second kappa shape index (κ2) is 8.05. The first-order valence-corrected chi connectivity index (χ1v) is 10.9. The summed E-state index contributed by atoms with van der Waals surface area (Å²) in [6, 6.07) is 2.96. The second-order valence-electron chi connectivity index (χ2n) is 7.73. The number of anilines is 2. The minimum absolute atomic E-state index is 0.0221. The van der Waals surface area contributed by atoms with E-state index in [1.165, 1.54) is 26.9 Å². The van der Waals surface area contributed by atoms with Crippen molar-refractivity contribution in [1.82, 2.24) is 9.55 Å². The summed E-state index contributed by atoms with van der Waals surface area (Å²) < 4.78 is 49.0. The molecule has 6 nitrogen and oxygen atoms in total. The monoisotopic (exact) mass is 462 g/mol. The lowest BCUT2D eigenvalue weighted by Crippen LogP contribution is -2.53. The van der Waals surface area contributed by atoms with Crippen molar-refractivity contribution in [2.24, 2.45) is 0 Å². The molecule has 0 saturated carbocycles. The number of rotatable bonds is 3. The number of ether oxygens (including phenoxy) is 1. The summed E-state index contributed by atoms with van der Waals surface area (Å²) in [6.07, 6.45) is -4.65. The molecule has 30 heavy (non-hydrogen) atoms. The number of thiophene rings is 1. The van der Waals surface area contributed by atoms with Crippen LogP contribution in [0.1, 0.15) is 25.1 Å². The zero-order valence-electron chi connectivity index (χ0n) is 16.5. The van der Waals surface area contributed by atoms with Crippen molar-refractivity contribution in [3.63, 3.8) is 0 Å². The summed E-state index contributed by atoms with van der Waals surface area (Å²) in [5.74, 6) is 0.424. The van der Waals surface area contributed by atoms with Gasteiger partial charge in [-0.25, -0.2) is 0 Å². The van der Waals surface area contributed by atoms with Crippen LogP contribution in [-0.2, 0) is 17.8 Å². The van der Waals surface area contributed by atoms with Gasteiger partial charge in [0.15, 0.2) is 0 Å². The molecule has 0 radical (unpaired) electrons. The third-order valence-corrected chi connectivity index (χ3v) is 6.71. The summed E-state index contributed by atoms with van der Waals surface area (Å²) in [5.41, 5.74) is -0.351. The van der Waals surface area contributed by atoms with Gasteiger partial charge in [-0.15, -0.1) is 11.3 Å². The highest BCUT2D eigenvalue weighted by molar-refractivity contribution is 7.16. The Labute approximate surface area is 180 Å². The van der Waals surface area contributed by atoms with Crippen LogP contribution >= 0.6 is 22.9 Å². The number of hydrogen-bond donors (Lipinski definition) is 0. The molecule has 2 aliphatic heterocycles. The predicted octanol–water partition coefficient (Wildman–Crippen LogP) is 3.91. The topological polar surface area (TPSA) is 50.6 Å². The van der Waals surface area contributed by atoms with Crippen molar-refractivity contribution in [3.8, 4) is 0 Å². The molecule has 2 unspecified atom stereocenters. The van der Waals surface area contributed by atoms with Gasteiger partial charge in [-0.2, -0.15) is 18.2 Å². The molecule has 4 rings (SSSR count). The third kappa shape index (κ3) is 4.04. The van der Waals surface area contributed by atoms with E-state index in [1.54, 1.807) is 12.1 Å². The third-order valence-electron chi connectivity index (χ3n) is 5.50. The standard InChI is InChI=1S/C19H22ClF3N4O2S/c1-11-9-29-10-12(2)27(11)16-7-17(28)25-6-5-14(19(21,22)23)26(18(25)24-16)8-13-3-4-15(20)30-13/h3-4,7,11-12,14H,5-6,8-10H2,1-2H3/t11?,12?,14-/m0/s1. The molecule has 1 saturated heterocycles. The Balaban J connectivity index is 1.80. The summed E-state index contributed by atoms with van der Waals surface area (Å²) in [6.45, 7) is 4.77. The van der Waals surface area contributed by atoms with Crippen LogP contribution in [0.15, 0.2) is 23.0 Å². The van der Waals surface area contributed by atoms with Gasteiger partial charge in [0.25, 0.3) is 5.56 Å². The summed E-state index contributed by atoms with van der Waals surface area (Å²) in [5, 5.41) is 0. The van der Waals surface area contributed by atoms with E-state index in [0.717, 1.165) is 0 Å². The molecular weight excluding hydrogens is 441 g/mol. The van der Waals surface area contributed by atoms with E-state index in [-0.39, 0.29) is 43.1 Å². The SMILES string of the molecule is CC1COCC(C)N1c1cc(=O)n2c(n1)N(Cc1ccc(Cl)s1)[C@H](C(F)(F)F)CC2. The molecule has 0 amide bonds. The van der Waals surface area contributed by atoms with Crippen LogP contribution in [0.25, 0.3) is 0 Å². The zero-order valence-corrected chi connectivity index (χ0v) is 18.1. The Bertz CT molecular complexity index is 969. The number of hydrogen-bond acceptors (Lipinski definition) is 6. The Morgan fingerprint density at radius 1 is 1.27 bits per heavy atom. The van der Waals surface area contributed by atoms with Crippen molar-refractivity contribution >= 4 is 34.7 Å². The second-order valence-corrected chi connectivity index (χ2v) is 9.53. The molecule has 2 aromatic rings. The number of alkyl halides is 3. The van der Waals surface area contributed by atoms with Gasteiger partial charge in [0, 0.05) is 17.5 Å². The summed E-state index contributed by atoms with van der Waals surface area (Å²) in [7, 11) is 0. The molecule has 2 aliphatic rings. The van der Waals surface area contributed by atoms with Crippen LogP contribution in [0.3, 0.4) is 0 Å². The highest BCUT2D eigenvalue weighted by Gasteiger charge is 2.47. The van der Waals surface area contributed by atoms with Gasteiger partial charge in [-0.05, 0) is 32.4 Å². The molecule has 164 valence electrons. The quantitative estimate of drug-likeness (QED) is 0.692. The fourth-order valence-electron chi connectivity index (χ4n) is 4.17. The van der Waals surface area contributed by atoms with Gasteiger partial charge in [0.2, 0.25) is 5.95 Å². The number of halogens is 4. The zero-order chi connectivity index (χ0) is 21.6. The Morgan fingerprint density at radius 3 is 2.57 bits per heavy atom. The predicted molar refractivity (Wildman–Crippen MR) is 111 cm³/mol. The Morgan fingerprint density at radius 2 is 1.97 bits per heavy atom. The van der Waals surface area contributed by atoms with E-state index in [1.807, 2.05) is 18.7 Å². The number of fused-ring (bicyclic) bond motifs is 1. The van der Waals surface area contributed by atoms with Crippen LogP contribution in [0.5, 0.6) is 0 Å². The number of morpholine rings is 1. The molecule has 11 heteroatoms. The van der Waals surface area contributed by atoms with Crippen LogP contribution < -0.4 is 15.4 Å². The van der Waals surface area contributed by atoms with E-state index < -0.39 is 12.2 Å². The van der Waals surface area contributed by atoms with Gasteiger partial charge >= 0.3 is 6.18 Å². The molecule has 0 spiro atoms. The fraction of sp³-hybridized carbons (Fsp3) is 0.579. The first-order chi connectivity index (χ1) is 14.1. The highest BCUT2D eigenvalue weighted by atomic mass is 35.5. The van der Waals surface area contributed by atoms with E-state index >= 15 is 0 Å². The van der Waals surface area contributed by atoms with Crippen molar-refractivity contribution < 1.29 is 17.9 Å². The maximum atomic E-state index is 13.9. The van der Waals surface area contributed by atoms with Crippen molar-refractivity contribution in [2.45, 2.75) is 57.7 Å². The number of nitrogens with zero attached hydrogens (tertiary/aromatic N) is 4. The molecular formula is C19H22ClF3N4O2S. The lowest BCUT2D eigenvalue weighted by molar-refractivity contribution is -0.153. The van der Waals surface area contributed by atoms with Crippen LogP contribution in [-0.4, -0.2) is 47.1 Å². The summed E-state index contributed by atoms with van der Waals surface area (Å²) >= 11 is 7.20. The lowest BCUT2D eigenvalue weighted by atomic mass is 10.1. The largest absolute Gasteiger partial charge is 0.408 e. The summed E-state index contributed by atoms with van der Waals surface area (Å²) in [4.78, 5) is 21.2. The average molecular weight is 463 g/mol. The molecule has 0 N–H and O–H groups in total. The van der Waals surface area contributed by atoms with E-state index in [2.05, 4.69) is 4.98 Å². The van der Waals surface area contributed by atoms with Crippen LogP contribution in [0, 0.1) is 0 Å². The van der Waals surface area contributed by atoms with Gasteiger partial charge < -0.3 is 14.5 Å². The van der Waals surface area contributed by atoms with Gasteiger partial charge in [0.1, 0.15) is 11.9 Å². The Hall–Kier alpha value is -1.78. The van der Waals surface area contributed by atoms with Gasteiger partial charge in [-0.3, -0.25) is 9.36 Å². The number of aromatic nitrogens is 2. The molecule has 0 aliphatic carbocycles. The molecule has 0 aromatic carbocycles.